The van der Waals surface area contributed by atoms with Gasteiger partial charge in [-0.2, -0.15) is 0 Å². The van der Waals surface area contributed by atoms with Crippen LogP contribution in [0.3, 0.4) is 0 Å². The number of hydrogen-bond acceptors (Lipinski definition) is 14. The maximum Gasteiger partial charge on any atom is 1.00 e. The van der Waals surface area contributed by atoms with Crippen molar-refractivity contribution in [1.82, 2.24) is 10.9 Å². The molecule has 0 radical (unpaired) electrons. The molecule has 0 aliphatic carbocycles. The molecular weight excluding hydrogens is 579 g/mol. The van der Waals surface area contributed by atoms with E-state index in [9.17, 15) is 24.9 Å². The minimum absolute atomic E-state index is 0. The first-order valence-corrected chi connectivity index (χ1v) is 12.8. The second-order valence-electron chi connectivity index (χ2n) is 9.65. The average molecular weight is 621 g/mol. The van der Waals surface area contributed by atoms with E-state index in [2.05, 4.69) is 22.7 Å². The topological polar surface area (TPSA) is 270 Å². The zero-order chi connectivity index (χ0) is 32.3. The summed E-state index contributed by atoms with van der Waals surface area (Å²) in [6.07, 6.45) is 4.44. The van der Waals surface area contributed by atoms with Gasteiger partial charge in [0.05, 0.1) is 6.61 Å². The van der Waals surface area contributed by atoms with Crippen LogP contribution in [-0.2, 0) is 36.8 Å². The van der Waals surface area contributed by atoms with Crippen LogP contribution in [0, 0.1) is 0 Å². The average Bonchev–Trinajstić information content (AvgIpc) is 2.96. The fraction of sp³-hybridized carbons (Fsp3) is 0.444. The molecule has 0 heterocycles. The number of carboxylic acid groups (broad SMARTS) is 1. The standard InChI is InChI=1S/C16H26N2O4.C10H14N2O4.CH2O3.Na/c1-3-4-5-6-9-22-15(21)16(2,18-17)11-12-7-8-13(19)14(20)10-12;1-10(12-11,9(15)16)5-6-2-3-7(13)8(14)4-6;2-1-4-3;/h7-8,10,18-20H,3-6,9,11,17H2,1-2H3;2-4,12-14H,5,11H2,1H3,(H,15,16);1,3H;/q;;;+1/p-1. The zero-order valence-electron chi connectivity index (χ0n) is 24.8. The van der Waals surface area contributed by atoms with Gasteiger partial charge in [-0.05, 0) is 55.7 Å². The van der Waals surface area contributed by atoms with Gasteiger partial charge in [-0.25, -0.2) is 15.6 Å². The molecule has 2 unspecified atom stereocenters. The van der Waals surface area contributed by atoms with Crippen molar-refractivity contribution in [1.29, 1.82) is 0 Å². The molecule has 0 bridgehead atoms. The van der Waals surface area contributed by atoms with E-state index in [1.165, 1.54) is 37.3 Å². The quantitative estimate of drug-likeness (QED) is 0.0153. The summed E-state index contributed by atoms with van der Waals surface area (Å²) in [7, 11) is 0. The number of phenols is 4. The van der Waals surface area contributed by atoms with Gasteiger partial charge in [0.2, 0.25) is 0 Å². The van der Waals surface area contributed by atoms with Crippen LogP contribution in [0.2, 0.25) is 0 Å². The Balaban J connectivity index is 0. The number of carboxylic acids is 1. The van der Waals surface area contributed by atoms with Crippen molar-refractivity contribution < 1.29 is 84.4 Å². The van der Waals surface area contributed by atoms with Gasteiger partial charge in [-0.1, -0.05) is 38.3 Å². The molecule has 0 spiro atoms. The summed E-state index contributed by atoms with van der Waals surface area (Å²) in [6, 6.07) is 8.52. The van der Waals surface area contributed by atoms with Gasteiger partial charge in [0, 0.05) is 12.8 Å². The number of carbonyl (C=O) groups excluding carboxylic acids is 2. The Morgan fingerprint density at radius 2 is 1.30 bits per heavy atom. The Hall–Kier alpha value is -3.15. The molecule has 11 N–H and O–H groups in total. The SMILES string of the molecule is CC(Cc1ccc(O)c(O)c1)(NN)C(=O)O.CCCCCCOC(=O)C(C)(Cc1ccc(O)c(O)c1)NN.O=CO[O-].[Na+]. The van der Waals surface area contributed by atoms with E-state index in [0.29, 0.717) is 17.7 Å². The number of aromatic hydroxyl groups is 4. The maximum absolute atomic E-state index is 12.2. The van der Waals surface area contributed by atoms with Crippen LogP contribution in [0.5, 0.6) is 23.0 Å². The first kappa shape index (κ1) is 42.0. The number of aliphatic carboxylic acids is 1. The molecule has 236 valence electrons. The van der Waals surface area contributed by atoms with Crippen LogP contribution in [0.25, 0.3) is 0 Å². The Morgan fingerprint density at radius 1 is 0.860 bits per heavy atom. The van der Waals surface area contributed by atoms with Gasteiger partial charge < -0.3 is 40.4 Å². The van der Waals surface area contributed by atoms with E-state index in [1.54, 1.807) is 13.0 Å². The molecule has 2 rings (SSSR count). The molecule has 0 aliphatic heterocycles. The van der Waals surface area contributed by atoms with E-state index >= 15 is 0 Å². The number of phenolic OH excluding ortho intramolecular Hbond substituents is 4. The number of rotatable bonds is 14. The van der Waals surface area contributed by atoms with Crippen LogP contribution in [0.1, 0.15) is 57.6 Å². The minimum atomic E-state index is -1.32. The monoisotopic (exact) mass is 620 g/mol. The van der Waals surface area contributed by atoms with Crippen molar-refractivity contribution in [3.05, 3.63) is 47.5 Å². The third kappa shape index (κ3) is 15.2. The van der Waals surface area contributed by atoms with Crippen LogP contribution < -0.4 is 57.4 Å². The molecule has 0 amide bonds. The number of nitrogens with one attached hydrogen (secondary N) is 2. The first-order chi connectivity index (χ1) is 19.7. The van der Waals surface area contributed by atoms with E-state index in [-0.39, 0.29) is 71.9 Å². The number of ether oxygens (including phenoxy) is 1. The van der Waals surface area contributed by atoms with Gasteiger partial charge >= 0.3 is 41.5 Å². The molecule has 2 aromatic rings. The zero-order valence-corrected chi connectivity index (χ0v) is 26.8. The summed E-state index contributed by atoms with van der Waals surface area (Å²) in [4.78, 5) is 34.4. The van der Waals surface area contributed by atoms with E-state index in [0.717, 1.165) is 25.7 Å². The Kier molecular flexibility index (Phi) is 21.0. The van der Waals surface area contributed by atoms with Crippen LogP contribution in [-0.4, -0.2) is 61.6 Å². The summed E-state index contributed by atoms with van der Waals surface area (Å²) >= 11 is 0. The van der Waals surface area contributed by atoms with Gasteiger partial charge in [0.1, 0.15) is 11.1 Å². The summed E-state index contributed by atoms with van der Waals surface area (Å²) in [5.41, 5.74) is 3.53. The molecule has 2 aromatic carbocycles. The minimum Gasteiger partial charge on any atom is -0.662 e. The molecule has 0 aromatic heterocycles. The van der Waals surface area contributed by atoms with Gasteiger partial charge in [-0.3, -0.25) is 21.3 Å². The maximum atomic E-state index is 12.2. The van der Waals surface area contributed by atoms with E-state index < -0.39 is 23.0 Å². The summed E-state index contributed by atoms with van der Waals surface area (Å²) in [6.45, 7) is 5.38. The number of esters is 1. The van der Waals surface area contributed by atoms with Crippen molar-refractivity contribution in [2.75, 3.05) is 6.61 Å². The van der Waals surface area contributed by atoms with Crippen LogP contribution in [0.4, 0.5) is 0 Å². The Labute approximate surface area is 272 Å². The predicted molar refractivity (Wildman–Crippen MR) is 148 cm³/mol. The second kappa shape index (κ2) is 21.5. The van der Waals surface area contributed by atoms with E-state index in [4.69, 9.17) is 36.7 Å². The molecule has 15 nitrogen and oxygen atoms in total. The summed E-state index contributed by atoms with van der Waals surface area (Å²) in [5.74, 6) is 8.19. The number of benzene rings is 2. The fourth-order valence-electron chi connectivity index (χ4n) is 3.40. The molecular formula is C27H41N4NaO11. The Morgan fingerprint density at radius 3 is 1.65 bits per heavy atom. The largest absolute Gasteiger partial charge is 1.00 e. The smallest absolute Gasteiger partial charge is 0.662 e. The van der Waals surface area contributed by atoms with Crippen molar-refractivity contribution in [3.63, 3.8) is 0 Å². The van der Waals surface area contributed by atoms with Gasteiger partial charge in [0.25, 0.3) is 6.47 Å². The molecule has 2 atom stereocenters. The molecule has 0 fully saturated rings. The molecule has 43 heavy (non-hydrogen) atoms. The third-order valence-corrected chi connectivity index (χ3v) is 6.03. The van der Waals surface area contributed by atoms with Gasteiger partial charge in [0.15, 0.2) is 23.0 Å². The normalized spacial score (nSPS) is 12.8. The van der Waals surface area contributed by atoms with Gasteiger partial charge in [-0.15, -0.1) is 0 Å². The van der Waals surface area contributed by atoms with E-state index in [1.807, 2.05) is 0 Å². The number of carbonyl (C=O) groups is 3. The second-order valence-corrected chi connectivity index (χ2v) is 9.65. The Bertz CT molecular complexity index is 1140. The summed E-state index contributed by atoms with van der Waals surface area (Å²) in [5, 5.41) is 54.6. The number of hydrogen-bond donors (Lipinski definition) is 9. The van der Waals surface area contributed by atoms with Crippen molar-refractivity contribution in [2.45, 2.75) is 70.4 Å². The molecule has 16 heteroatoms. The first-order valence-electron chi connectivity index (χ1n) is 12.8. The molecule has 0 saturated carbocycles. The number of hydrazine groups is 2. The molecule has 0 aliphatic rings. The predicted octanol–water partition coefficient (Wildman–Crippen LogP) is -2.63. The number of nitrogens with two attached hydrogens (primary N) is 2. The van der Waals surface area contributed by atoms with Crippen LogP contribution >= 0.6 is 0 Å². The fourth-order valence-corrected chi connectivity index (χ4v) is 3.40. The van der Waals surface area contributed by atoms with Crippen LogP contribution in [0.15, 0.2) is 36.4 Å². The van der Waals surface area contributed by atoms with Crippen molar-refractivity contribution in [3.8, 4) is 23.0 Å². The third-order valence-electron chi connectivity index (χ3n) is 6.03. The summed E-state index contributed by atoms with van der Waals surface area (Å²) < 4.78 is 5.28. The molecule has 0 saturated heterocycles. The number of unbranched alkanes of at least 4 members (excludes halogenated alkanes) is 3. The van der Waals surface area contributed by atoms with Crippen molar-refractivity contribution >= 4 is 18.4 Å². The van der Waals surface area contributed by atoms with Crippen molar-refractivity contribution in [2.24, 2.45) is 11.7 Å².